The number of hydrogen-bond acceptors (Lipinski definition) is 5. The summed E-state index contributed by atoms with van der Waals surface area (Å²) in [5, 5.41) is 11.4. The van der Waals surface area contributed by atoms with Crippen LogP contribution in [0, 0.1) is 0 Å². The van der Waals surface area contributed by atoms with E-state index in [1.165, 1.54) is 9.58 Å². The summed E-state index contributed by atoms with van der Waals surface area (Å²) in [5.74, 6) is -0.612. The molecule has 1 fully saturated rings. The zero-order chi connectivity index (χ0) is 18.7. The number of nitrogens with two attached hydrogens (primary N) is 1. The maximum Gasteiger partial charge on any atom is 0.276 e. The maximum atomic E-state index is 12.7. The molecule has 2 amide bonds. The predicted molar refractivity (Wildman–Crippen MR) is 98.2 cm³/mol. The van der Waals surface area contributed by atoms with E-state index in [-0.39, 0.29) is 17.5 Å². The summed E-state index contributed by atoms with van der Waals surface area (Å²) in [6, 6.07) is 4.20. The third-order valence-electron chi connectivity index (χ3n) is 4.06. The van der Waals surface area contributed by atoms with Gasteiger partial charge in [0.15, 0.2) is 5.69 Å². The van der Waals surface area contributed by atoms with Gasteiger partial charge >= 0.3 is 0 Å². The summed E-state index contributed by atoms with van der Waals surface area (Å²) < 4.78 is 1.51. The molecule has 10 heteroatoms. The zero-order valence-electron chi connectivity index (χ0n) is 13.9. The summed E-state index contributed by atoms with van der Waals surface area (Å²) in [5.41, 5.74) is 6.15. The van der Waals surface area contributed by atoms with Gasteiger partial charge in [0, 0.05) is 28.8 Å². The first-order chi connectivity index (χ1) is 12.5. The molecule has 8 nitrogen and oxygen atoms in total. The normalized spacial score (nSPS) is 16.7. The maximum absolute atomic E-state index is 12.7. The van der Waals surface area contributed by atoms with Crippen molar-refractivity contribution in [2.45, 2.75) is 25.4 Å². The van der Waals surface area contributed by atoms with Crippen molar-refractivity contribution in [3.05, 3.63) is 40.1 Å². The van der Waals surface area contributed by atoms with Gasteiger partial charge in [-0.2, -0.15) is 0 Å². The first kappa shape index (κ1) is 18.6. The van der Waals surface area contributed by atoms with Crippen molar-refractivity contribution in [1.82, 2.24) is 19.9 Å². The average molecular weight is 397 g/mol. The number of rotatable bonds is 5. The van der Waals surface area contributed by atoms with Crippen LogP contribution in [0.4, 0.5) is 5.69 Å². The zero-order valence-corrected chi connectivity index (χ0v) is 15.4. The van der Waals surface area contributed by atoms with Gasteiger partial charge in [-0.05, 0) is 31.0 Å². The third kappa shape index (κ3) is 4.14. The van der Waals surface area contributed by atoms with E-state index in [4.69, 9.17) is 28.9 Å². The van der Waals surface area contributed by atoms with E-state index >= 15 is 0 Å². The number of carbonyl (C=O) groups is 2. The highest BCUT2D eigenvalue weighted by molar-refractivity contribution is 6.35. The van der Waals surface area contributed by atoms with Gasteiger partial charge in [0.05, 0.1) is 12.7 Å². The van der Waals surface area contributed by atoms with Crippen LogP contribution < -0.4 is 11.1 Å². The van der Waals surface area contributed by atoms with Crippen molar-refractivity contribution in [1.29, 1.82) is 0 Å². The Hall–Kier alpha value is -2.16. The minimum absolute atomic E-state index is 0.198. The van der Waals surface area contributed by atoms with Crippen molar-refractivity contribution >= 4 is 40.7 Å². The molecule has 0 saturated carbocycles. The van der Waals surface area contributed by atoms with E-state index in [9.17, 15) is 9.59 Å². The highest BCUT2D eigenvalue weighted by Crippen LogP contribution is 2.25. The molecule has 1 unspecified atom stereocenters. The molecule has 2 heterocycles. The number of amides is 2. The van der Waals surface area contributed by atoms with Crippen LogP contribution >= 0.6 is 23.2 Å². The number of likely N-dealkylation sites (tertiary alicyclic amines) is 1. The van der Waals surface area contributed by atoms with Crippen LogP contribution in [0.5, 0.6) is 0 Å². The molecule has 138 valence electrons. The molecule has 0 bridgehead atoms. The Kier molecular flexibility index (Phi) is 5.75. The monoisotopic (exact) mass is 396 g/mol. The van der Waals surface area contributed by atoms with Gasteiger partial charge in [-0.1, -0.05) is 28.4 Å². The van der Waals surface area contributed by atoms with Gasteiger partial charge in [0.1, 0.15) is 6.04 Å². The summed E-state index contributed by atoms with van der Waals surface area (Å²) in [7, 11) is 0. The molecule has 1 aromatic heterocycles. The first-order valence-electron chi connectivity index (χ1n) is 8.16. The largest absolute Gasteiger partial charge is 0.329 e. The number of nitrogens with one attached hydrogen (secondary N) is 1. The molecule has 1 saturated heterocycles. The fourth-order valence-corrected chi connectivity index (χ4v) is 3.45. The topological polar surface area (TPSA) is 106 Å². The Morgan fingerprint density at radius 3 is 2.69 bits per heavy atom. The van der Waals surface area contributed by atoms with Gasteiger partial charge in [-0.15, -0.1) is 5.10 Å². The van der Waals surface area contributed by atoms with Crippen molar-refractivity contribution in [2.24, 2.45) is 5.73 Å². The summed E-state index contributed by atoms with van der Waals surface area (Å²) in [6.07, 6.45) is 2.85. The molecule has 3 N–H and O–H groups in total. The van der Waals surface area contributed by atoms with Crippen molar-refractivity contribution < 1.29 is 9.59 Å². The van der Waals surface area contributed by atoms with Crippen LogP contribution in [-0.4, -0.2) is 50.8 Å². The molecule has 0 aliphatic carbocycles. The fourth-order valence-electron chi connectivity index (χ4n) is 2.92. The van der Waals surface area contributed by atoms with E-state index in [0.29, 0.717) is 41.8 Å². The van der Waals surface area contributed by atoms with Crippen LogP contribution in [0.2, 0.25) is 10.0 Å². The number of hydrogen-bond donors (Lipinski definition) is 2. The summed E-state index contributed by atoms with van der Waals surface area (Å²) in [4.78, 5) is 26.9. The second-order valence-electron chi connectivity index (χ2n) is 5.96. The molecular formula is C16H18Cl2N6O2. The summed E-state index contributed by atoms with van der Waals surface area (Å²) >= 11 is 11.9. The molecule has 1 aliphatic rings. The SMILES string of the molecule is NCCn1cc(C(=O)N2CCCC2C(=O)Nc2cc(Cl)cc(Cl)c2)nn1. The predicted octanol–water partition coefficient (Wildman–Crippen LogP) is 1.79. The molecule has 1 atom stereocenters. The minimum atomic E-state index is -0.583. The van der Waals surface area contributed by atoms with Crippen molar-refractivity contribution in [2.75, 3.05) is 18.4 Å². The highest BCUT2D eigenvalue weighted by atomic mass is 35.5. The number of carbonyl (C=O) groups excluding carboxylic acids is 2. The van der Waals surface area contributed by atoms with Crippen LogP contribution in [0.25, 0.3) is 0 Å². The molecular weight excluding hydrogens is 379 g/mol. The lowest BCUT2D eigenvalue weighted by Gasteiger charge is -2.23. The van der Waals surface area contributed by atoms with Gasteiger partial charge in [-0.25, -0.2) is 0 Å². The van der Waals surface area contributed by atoms with Crippen LogP contribution in [0.15, 0.2) is 24.4 Å². The van der Waals surface area contributed by atoms with E-state index in [1.54, 1.807) is 24.4 Å². The van der Waals surface area contributed by atoms with E-state index in [2.05, 4.69) is 15.6 Å². The van der Waals surface area contributed by atoms with Crippen LogP contribution in [0.3, 0.4) is 0 Å². The molecule has 2 aromatic rings. The molecule has 0 radical (unpaired) electrons. The van der Waals surface area contributed by atoms with Crippen LogP contribution in [0.1, 0.15) is 23.3 Å². The number of aromatic nitrogens is 3. The minimum Gasteiger partial charge on any atom is -0.329 e. The lowest BCUT2D eigenvalue weighted by Crippen LogP contribution is -2.43. The third-order valence-corrected chi connectivity index (χ3v) is 4.50. The molecule has 1 aromatic carbocycles. The standard InChI is InChI=1S/C16H18Cl2N6O2/c17-10-6-11(18)8-12(7-10)20-15(25)14-2-1-4-24(14)16(26)13-9-23(5-3-19)22-21-13/h6-9,14H,1-5,19H2,(H,20,25). The lowest BCUT2D eigenvalue weighted by molar-refractivity contribution is -0.119. The van der Waals surface area contributed by atoms with Gasteiger partial charge in [-0.3, -0.25) is 14.3 Å². The summed E-state index contributed by atoms with van der Waals surface area (Å²) in [6.45, 7) is 1.35. The fraction of sp³-hybridized carbons (Fsp3) is 0.375. The van der Waals surface area contributed by atoms with Crippen LogP contribution in [-0.2, 0) is 11.3 Å². The molecule has 26 heavy (non-hydrogen) atoms. The Balaban J connectivity index is 1.72. The van der Waals surface area contributed by atoms with Crippen molar-refractivity contribution in [3.8, 4) is 0 Å². The Bertz CT molecular complexity index is 805. The van der Waals surface area contributed by atoms with E-state index in [1.807, 2.05) is 0 Å². The van der Waals surface area contributed by atoms with E-state index < -0.39 is 6.04 Å². The Morgan fingerprint density at radius 1 is 1.27 bits per heavy atom. The molecule has 1 aliphatic heterocycles. The molecule has 3 rings (SSSR count). The number of nitrogens with zero attached hydrogens (tertiary/aromatic N) is 4. The quantitative estimate of drug-likeness (QED) is 0.800. The van der Waals surface area contributed by atoms with Gasteiger partial charge in [0.25, 0.3) is 5.91 Å². The Labute approximate surface area is 160 Å². The first-order valence-corrected chi connectivity index (χ1v) is 8.91. The Morgan fingerprint density at radius 2 is 2.00 bits per heavy atom. The number of halogens is 2. The second-order valence-corrected chi connectivity index (χ2v) is 6.83. The lowest BCUT2D eigenvalue weighted by atomic mass is 10.2. The van der Waals surface area contributed by atoms with Gasteiger partial charge in [0.2, 0.25) is 5.91 Å². The van der Waals surface area contributed by atoms with Gasteiger partial charge < -0.3 is 16.0 Å². The number of benzene rings is 1. The smallest absolute Gasteiger partial charge is 0.276 e. The van der Waals surface area contributed by atoms with Crippen molar-refractivity contribution in [3.63, 3.8) is 0 Å². The molecule has 0 spiro atoms. The number of anilines is 1. The average Bonchev–Trinajstić information content (AvgIpc) is 3.23. The highest BCUT2D eigenvalue weighted by Gasteiger charge is 2.35. The van der Waals surface area contributed by atoms with E-state index in [0.717, 1.165) is 6.42 Å². The second kappa shape index (κ2) is 8.03.